The van der Waals surface area contributed by atoms with Crippen LogP contribution < -0.4 is 15.4 Å². The highest BCUT2D eigenvalue weighted by Gasteiger charge is 2.23. The van der Waals surface area contributed by atoms with Crippen LogP contribution in [0.4, 0.5) is 5.95 Å². The standard InChI is InChI=1S/C17H21Cl2N5O2.ClH/c1-10(26-13-5-3-4-12(18)14(13)19)16(25)22-17-21-15(23-24(17)2)11-6-8-20-9-7-11;/h3-5,10-11,20H,6-9H2,1-2H3,(H,21,22,23,25);1H. The number of halogens is 3. The lowest BCUT2D eigenvalue weighted by atomic mass is 9.98. The molecule has 148 valence electrons. The Bertz CT molecular complexity index is 793. The highest BCUT2D eigenvalue weighted by Crippen LogP contribution is 2.32. The van der Waals surface area contributed by atoms with E-state index >= 15 is 0 Å². The summed E-state index contributed by atoms with van der Waals surface area (Å²) in [4.78, 5) is 16.9. The average Bonchev–Trinajstić information content (AvgIpc) is 3.00. The zero-order valence-electron chi connectivity index (χ0n) is 15.0. The Morgan fingerprint density at radius 3 is 2.78 bits per heavy atom. The van der Waals surface area contributed by atoms with Gasteiger partial charge < -0.3 is 10.1 Å². The average molecular weight is 435 g/mol. The van der Waals surface area contributed by atoms with Crippen molar-refractivity contribution in [2.24, 2.45) is 7.05 Å². The fraction of sp³-hybridized carbons (Fsp3) is 0.471. The molecular formula is C17H22Cl3N5O2. The van der Waals surface area contributed by atoms with Crippen LogP contribution in [-0.4, -0.2) is 39.9 Å². The summed E-state index contributed by atoms with van der Waals surface area (Å²) < 4.78 is 7.21. The highest BCUT2D eigenvalue weighted by molar-refractivity contribution is 6.42. The van der Waals surface area contributed by atoms with Gasteiger partial charge in [0, 0.05) is 13.0 Å². The molecule has 0 saturated carbocycles. The quantitative estimate of drug-likeness (QED) is 0.753. The van der Waals surface area contributed by atoms with E-state index < -0.39 is 6.10 Å². The van der Waals surface area contributed by atoms with Gasteiger partial charge in [-0.3, -0.25) is 10.1 Å². The maximum absolute atomic E-state index is 12.4. The van der Waals surface area contributed by atoms with Gasteiger partial charge in [-0.15, -0.1) is 12.4 Å². The summed E-state index contributed by atoms with van der Waals surface area (Å²) in [7, 11) is 1.76. The molecule has 2 N–H and O–H groups in total. The molecule has 1 aliphatic heterocycles. The molecule has 1 aromatic carbocycles. The maximum Gasteiger partial charge on any atom is 0.267 e. The van der Waals surface area contributed by atoms with Crippen LogP contribution in [0.2, 0.25) is 10.0 Å². The summed E-state index contributed by atoms with van der Waals surface area (Å²) in [5.41, 5.74) is 0. The molecule has 0 radical (unpaired) electrons. The molecule has 0 bridgehead atoms. The van der Waals surface area contributed by atoms with Gasteiger partial charge in [-0.05, 0) is 45.0 Å². The van der Waals surface area contributed by atoms with Gasteiger partial charge in [-0.2, -0.15) is 10.1 Å². The summed E-state index contributed by atoms with van der Waals surface area (Å²) in [5, 5.41) is 11.2. The molecule has 1 fully saturated rings. The third kappa shape index (κ3) is 5.25. The fourth-order valence-corrected chi connectivity index (χ4v) is 3.13. The van der Waals surface area contributed by atoms with Gasteiger partial charge >= 0.3 is 0 Å². The summed E-state index contributed by atoms with van der Waals surface area (Å²) in [5.74, 6) is 1.49. The third-order valence-corrected chi connectivity index (χ3v) is 5.11. The molecule has 2 aromatic rings. The Hall–Kier alpha value is -1.54. The number of amides is 1. The van der Waals surface area contributed by atoms with E-state index in [4.69, 9.17) is 27.9 Å². The van der Waals surface area contributed by atoms with Crippen LogP contribution >= 0.6 is 35.6 Å². The number of nitrogens with zero attached hydrogens (tertiary/aromatic N) is 3. The maximum atomic E-state index is 12.4. The molecule has 1 saturated heterocycles. The van der Waals surface area contributed by atoms with E-state index in [9.17, 15) is 4.79 Å². The number of carbonyl (C=O) groups is 1. The molecule has 7 nitrogen and oxygen atoms in total. The van der Waals surface area contributed by atoms with Crippen molar-refractivity contribution in [1.29, 1.82) is 0 Å². The van der Waals surface area contributed by atoms with E-state index in [1.807, 2.05) is 0 Å². The lowest BCUT2D eigenvalue weighted by molar-refractivity contribution is -0.122. The smallest absolute Gasteiger partial charge is 0.267 e. The second kappa shape index (κ2) is 9.59. The second-order valence-corrected chi connectivity index (χ2v) is 7.03. The van der Waals surface area contributed by atoms with Crippen molar-refractivity contribution in [2.45, 2.75) is 31.8 Å². The first-order valence-corrected chi connectivity index (χ1v) is 9.24. The van der Waals surface area contributed by atoms with Crippen molar-refractivity contribution in [1.82, 2.24) is 20.1 Å². The molecule has 1 atom stereocenters. The Morgan fingerprint density at radius 2 is 2.07 bits per heavy atom. The molecule has 0 spiro atoms. The first-order chi connectivity index (χ1) is 12.5. The SMILES string of the molecule is CC(Oc1cccc(Cl)c1Cl)C(=O)Nc1nc(C2CCNCC2)nn1C.Cl. The number of hydrogen-bond acceptors (Lipinski definition) is 5. The third-order valence-electron chi connectivity index (χ3n) is 4.31. The van der Waals surface area contributed by atoms with Crippen molar-refractivity contribution in [3.8, 4) is 5.75 Å². The lowest BCUT2D eigenvalue weighted by Crippen LogP contribution is -2.31. The molecule has 1 aliphatic rings. The molecular weight excluding hydrogens is 413 g/mol. The van der Waals surface area contributed by atoms with Gasteiger partial charge in [0.2, 0.25) is 5.95 Å². The Balaban J connectivity index is 0.00000261. The zero-order chi connectivity index (χ0) is 18.7. The van der Waals surface area contributed by atoms with Crippen LogP contribution in [0.5, 0.6) is 5.75 Å². The van der Waals surface area contributed by atoms with E-state index in [0.29, 0.717) is 22.6 Å². The zero-order valence-corrected chi connectivity index (χ0v) is 17.4. The predicted octanol–water partition coefficient (Wildman–Crippen LogP) is 3.42. The summed E-state index contributed by atoms with van der Waals surface area (Å²) in [6, 6.07) is 5.03. The van der Waals surface area contributed by atoms with Crippen molar-refractivity contribution < 1.29 is 9.53 Å². The number of piperidine rings is 1. The van der Waals surface area contributed by atoms with Gasteiger partial charge in [-0.25, -0.2) is 4.68 Å². The largest absolute Gasteiger partial charge is 0.479 e. The Kier molecular flexibility index (Phi) is 7.73. The molecule has 1 amide bonds. The Morgan fingerprint density at radius 1 is 1.37 bits per heavy atom. The number of aromatic nitrogens is 3. The van der Waals surface area contributed by atoms with Gasteiger partial charge in [-0.1, -0.05) is 29.3 Å². The minimum absolute atomic E-state index is 0. The van der Waals surface area contributed by atoms with E-state index in [-0.39, 0.29) is 23.3 Å². The number of aryl methyl sites for hydroxylation is 1. The van der Waals surface area contributed by atoms with Crippen molar-refractivity contribution in [3.05, 3.63) is 34.1 Å². The van der Waals surface area contributed by atoms with E-state index in [2.05, 4.69) is 20.7 Å². The van der Waals surface area contributed by atoms with Crippen LogP contribution in [0.25, 0.3) is 0 Å². The van der Waals surface area contributed by atoms with Crippen LogP contribution in [0.15, 0.2) is 18.2 Å². The minimum Gasteiger partial charge on any atom is -0.479 e. The summed E-state index contributed by atoms with van der Waals surface area (Å²) in [6.07, 6.45) is 1.21. The van der Waals surface area contributed by atoms with Gasteiger partial charge in [0.15, 0.2) is 11.9 Å². The molecule has 2 heterocycles. The number of benzene rings is 1. The summed E-state index contributed by atoms with van der Waals surface area (Å²) in [6.45, 7) is 3.54. The monoisotopic (exact) mass is 433 g/mol. The molecule has 1 unspecified atom stereocenters. The normalized spacial score (nSPS) is 15.7. The predicted molar refractivity (Wildman–Crippen MR) is 108 cm³/mol. The number of carbonyl (C=O) groups excluding carboxylic acids is 1. The summed E-state index contributed by atoms with van der Waals surface area (Å²) >= 11 is 12.1. The highest BCUT2D eigenvalue weighted by atomic mass is 35.5. The van der Waals surface area contributed by atoms with Crippen LogP contribution in [0, 0.1) is 0 Å². The van der Waals surface area contributed by atoms with Gasteiger partial charge in [0.05, 0.1) is 5.02 Å². The van der Waals surface area contributed by atoms with Crippen molar-refractivity contribution in [2.75, 3.05) is 18.4 Å². The van der Waals surface area contributed by atoms with Crippen molar-refractivity contribution >= 4 is 47.5 Å². The number of ether oxygens (including phenoxy) is 1. The van der Waals surface area contributed by atoms with Gasteiger partial charge in [0.25, 0.3) is 5.91 Å². The fourth-order valence-electron chi connectivity index (χ4n) is 2.80. The molecule has 1 aromatic heterocycles. The van der Waals surface area contributed by atoms with Gasteiger partial charge in [0.1, 0.15) is 10.8 Å². The lowest BCUT2D eigenvalue weighted by Gasteiger charge is -2.19. The van der Waals surface area contributed by atoms with Crippen LogP contribution in [0.3, 0.4) is 0 Å². The van der Waals surface area contributed by atoms with Crippen molar-refractivity contribution in [3.63, 3.8) is 0 Å². The van der Waals surface area contributed by atoms with Crippen LogP contribution in [-0.2, 0) is 11.8 Å². The number of rotatable bonds is 5. The number of hydrogen-bond donors (Lipinski definition) is 2. The van der Waals surface area contributed by atoms with E-state index in [1.54, 1.807) is 36.9 Å². The topological polar surface area (TPSA) is 81.1 Å². The molecule has 10 heteroatoms. The number of nitrogens with one attached hydrogen (secondary N) is 2. The first kappa shape index (κ1) is 21.8. The molecule has 0 aliphatic carbocycles. The van der Waals surface area contributed by atoms with E-state index in [1.165, 1.54) is 0 Å². The Labute approximate surface area is 174 Å². The molecule has 3 rings (SSSR count). The van der Waals surface area contributed by atoms with Crippen LogP contribution in [0.1, 0.15) is 31.5 Å². The number of anilines is 1. The minimum atomic E-state index is -0.773. The second-order valence-electron chi connectivity index (χ2n) is 6.24. The molecule has 27 heavy (non-hydrogen) atoms. The first-order valence-electron chi connectivity index (χ1n) is 8.49. The van der Waals surface area contributed by atoms with E-state index in [0.717, 1.165) is 31.8 Å².